The van der Waals surface area contributed by atoms with Crippen LogP contribution in [0.1, 0.15) is 13.8 Å². The molecular formula is C10H18N4O. The van der Waals surface area contributed by atoms with Crippen LogP contribution >= 0.6 is 0 Å². The van der Waals surface area contributed by atoms with Gasteiger partial charge in [0.1, 0.15) is 12.1 Å². The molecule has 0 aliphatic carbocycles. The zero-order valence-corrected chi connectivity index (χ0v) is 9.31. The largest absolute Gasteiger partial charge is 0.372 e. The summed E-state index contributed by atoms with van der Waals surface area (Å²) in [7, 11) is 0. The van der Waals surface area contributed by atoms with E-state index in [4.69, 9.17) is 4.74 Å². The van der Waals surface area contributed by atoms with Crippen LogP contribution in [-0.2, 0) is 4.74 Å². The van der Waals surface area contributed by atoms with E-state index in [9.17, 15) is 0 Å². The third kappa shape index (κ3) is 2.87. The molecular weight excluding hydrogens is 192 g/mol. The van der Waals surface area contributed by atoms with E-state index in [2.05, 4.69) is 28.7 Å². The SMILES string of the molecule is CC1(C)CN(c2ccncn2)CCO1.N. The summed E-state index contributed by atoms with van der Waals surface area (Å²) < 4.78 is 5.63. The smallest absolute Gasteiger partial charge is 0.132 e. The van der Waals surface area contributed by atoms with Gasteiger partial charge in [-0.05, 0) is 19.9 Å². The molecule has 0 amide bonds. The van der Waals surface area contributed by atoms with Gasteiger partial charge in [0.25, 0.3) is 0 Å². The number of morpholine rings is 1. The molecule has 1 aliphatic rings. The van der Waals surface area contributed by atoms with Crippen LogP contribution in [0.2, 0.25) is 0 Å². The van der Waals surface area contributed by atoms with Gasteiger partial charge in [-0.1, -0.05) is 0 Å². The number of rotatable bonds is 1. The van der Waals surface area contributed by atoms with Crippen LogP contribution in [0.25, 0.3) is 0 Å². The summed E-state index contributed by atoms with van der Waals surface area (Å²) in [4.78, 5) is 10.4. The predicted octanol–water partition coefficient (Wildman–Crippen LogP) is 1.25. The van der Waals surface area contributed by atoms with Gasteiger partial charge >= 0.3 is 0 Å². The fourth-order valence-electron chi connectivity index (χ4n) is 1.68. The highest BCUT2D eigenvalue weighted by Crippen LogP contribution is 2.20. The average molecular weight is 210 g/mol. The number of hydrogen-bond acceptors (Lipinski definition) is 5. The number of anilines is 1. The molecule has 1 fully saturated rings. The summed E-state index contributed by atoms with van der Waals surface area (Å²) in [6, 6.07) is 1.93. The molecule has 84 valence electrons. The molecule has 2 heterocycles. The normalized spacial score (nSPS) is 19.5. The van der Waals surface area contributed by atoms with Crippen molar-refractivity contribution in [1.82, 2.24) is 16.1 Å². The highest BCUT2D eigenvalue weighted by molar-refractivity contribution is 5.37. The molecule has 0 aromatic carbocycles. The highest BCUT2D eigenvalue weighted by atomic mass is 16.5. The minimum atomic E-state index is -0.0802. The summed E-state index contributed by atoms with van der Waals surface area (Å²) >= 11 is 0. The van der Waals surface area contributed by atoms with Gasteiger partial charge in [-0.3, -0.25) is 0 Å². The molecule has 2 rings (SSSR count). The van der Waals surface area contributed by atoms with Crippen molar-refractivity contribution in [1.29, 1.82) is 0 Å². The standard InChI is InChI=1S/C10H15N3O.H3N/c1-10(2)7-13(5-6-14-10)9-3-4-11-8-12-9;/h3-4,8H,5-7H2,1-2H3;1H3. The van der Waals surface area contributed by atoms with E-state index in [1.165, 1.54) is 0 Å². The molecule has 1 aromatic rings. The maximum atomic E-state index is 5.63. The Hall–Kier alpha value is -1.20. The molecule has 0 bridgehead atoms. The van der Waals surface area contributed by atoms with E-state index in [-0.39, 0.29) is 11.8 Å². The first kappa shape index (κ1) is 11.9. The third-order valence-electron chi connectivity index (χ3n) is 2.32. The van der Waals surface area contributed by atoms with E-state index in [1.54, 1.807) is 12.5 Å². The molecule has 1 saturated heterocycles. The summed E-state index contributed by atoms with van der Waals surface area (Å²) in [5.41, 5.74) is -0.0802. The van der Waals surface area contributed by atoms with Crippen LogP contribution in [0.5, 0.6) is 0 Å². The summed E-state index contributed by atoms with van der Waals surface area (Å²) in [6.07, 6.45) is 3.35. The van der Waals surface area contributed by atoms with Gasteiger partial charge in [0.05, 0.1) is 12.2 Å². The lowest BCUT2D eigenvalue weighted by atomic mass is 10.1. The number of nitrogens with zero attached hydrogens (tertiary/aromatic N) is 3. The summed E-state index contributed by atoms with van der Waals surface area (Å²) in [6.45, 7) is 6.74. The van der Waals surface area contributed by atoms with Crippen molar-refractivity contribution in [2.75, 3.05) is 24.6 Å². The van der Waals surface area contributed by atoms with Crippen molar-refractivity contribution >= 4 is 5.82 Å². The molecule has 0 spiro atoms. The number of aromatic nitrogens is 2. The molecule has 0 saturated carbocycles. The first-order chi connectivity index (χ1) is 6.67. The minimum absolute atomic E-state index is 0. The van der Waals surface area contributed by atoms with E-state index < -0.39 is 0 Å². The van der Waals surface area contributed by atoms with Gasteiger partial charge < -0.3 is 15.8 Å². The van der Waals surface area contributed by atoms with Gasteiger partial charge in [0.2, 0.25) is 0 Å². The first-order valence-electron chi connectivity index (χ1n) is 4.82. The summed E-state index contributed by atoms with van der Waals surface area (Å²) in [5.74, 6) is 0.983. The Kier molecular flexibility index (Phi) is 3.60. The predicted molar refractivity (Wildman–Crippen MR) is 59.3 cm³/mol. The Morgan fingerprint density at radius 1 is 1.47 bits per heavy atom. The molecule has 15 heavy (non-hydrogen) atoms. The molecule has 1 aliphatic heterocycles. The van der Waals surface area contributed by atoms with E-state index in [0.717, 1.165) is 25.5 Å². The van der Waals surface area contributed by atoms with Crippen LogP contribution in [0, 0.1) is 0 Å². The lowest BCUT2D eigenvalue weighted by Crippen LogP contribution is -2.48. The molecule has 0 atom stereocenters. The van der Waals surface area contributed by atoms with Crippen LogP contribution in [0.15, 0.2) is 18.6 Å². The quantitative estimate of drug-likeness (QED) is 0.755. The molecule has 5 heteroatoms. The maximum Gasteiger partial charge on any atom is 0.132 e. The van der Waals surface area contributed by atoms with E-state index in [0.29, 0.717) is 0 Å². The van der Waals surface area contributed by atoms with Crippen molar-refractivity contribution in [3.05, 3.63) is 18.6 Å². The Morgan fingerprint density at radius 2 is 2.27 bits per heavy atom. The van der Waals surface area contributed by atoms with Crippen LogP contribution in [-0.4, -0.2) is 35.3 Å². The van der Waals surface area contributed by atoms with Crippen molar-refractivity contribution < 1.29 is 4.74 Å². The second-order valence-corrected chi connectivity index (χ2v) is 4.10. The Morgan fingerprint density at radius 3 is 2.87 bits per heavy atom. The Bertz CT molecular complexity index is 302. The maximum absolute atomic E-state index is 5.63. The molecule has 1 aromatic heterocycles. The third-order valence-corrected chi connectivity index (χ3v) is 2.32. The van der Waals surface area contributed by atoms with Gasteiger partial charge in [-0.25, -0.2) is 9.97 Å². The van der Waals surface area contributed by atoms with Gasteiger partial charge in [0.15, 0.2) is 0 Å². The van der Waals surface area contributed by atoms with Crippen LogP contribution in [0.3, 0.4) is 0 Å². The monoisotopic (exact) mass is 210 g/mol. The summed E-state index contributed by atoms with van der Waals surface area (Å²) in [5, 5.41) is 0. The van der Waals surface area contributed by atoms with Crippen LogP contribution in [0.4, 0.5) is 5.82 Å². The van der Waals surface area contributed by atoms with Gasteiger partial charge in [-0.2, -0.15) is 0 Å². The fraction of sp³-hybridized carbons (Fsp3) is 0.600. The van der Waals surface area contributed by atoms with Crippen molar-refractivity contribution in [3.63, 3.8) is 0 Å². The van der Waals surface area contributed by atoms with Crippen LogP contribution < -0.4 is 11.1 Å². The Labute approximate surface area is 90.1 Å². The highest BCUT2D eigenvalue weighted by Gasteiger charge is 2.27. The first-order valence-corrected chi connectivity index (χ1v) is 4.82. The molecule has 0 unspecified atom stereocenters. The van der Waals surface area contributed by atoms with Crippen molar-refractivity contribution in [2.24, 2.45) is 0 Å². The van der Waals surface area contributed by atoms with Crippen molar-refractivity contribution in [3.8, 4) is 0 Å². The van der Waals surface area contributed by atoms with Gasteiger partial charge in [-0.15, -0.1) is 0 Å². The topological polar surface area (TPSA) is 73.2 Å². The minimum Gasteiger partial charge on any atom is -0.372 e. The average Bonchev–Trinajstić information content (AvgIpc) is 2.18. The zero-order valence-electron chi connectivity index (χ0n) is 9.31. The molecule has 5 nitrogen and oxygen atoms in total. The Balaban J connectivity index is 0.00000112. The lowest BCUT2D eigenvalue weighted by molar-refractivity contribution is -0.0279. The van der Waals surface area contributed by atoms with E-state index >= 15 is 0 Å². The zero-order chi connectivity index (χ0) is 10.0. The van der Waals surface area contributed by atoms with E-state index in [1.807, 2.05) is 6.07 Å². The molecule has 3 N–H and O–H groups in total. The molecule has 0 radical (unpaired) electrons. The fourth-order valence-corrected chi connectivity index (χ4v) is 1.68. The second-order valence-electron chi connectivity index (χ2n) is 4.10. The van der Waals surface area contributed by atoms with Crippen molar-refractivity contribution in [2.45, 2.75) is 19.4 Å². The second kappa shape index (κ2) is 4.55. The number of ether oxygens (including phenoxy) is 1. The lowest BCUT2D eigenvalue weighted by Gasteiger charge is -2.38. The van der Waals surface area contributed by atoms with Gasteiger partial charge in [0, 0.05) is 19.3 Å². The number of hydrogen-bond donors (Lipinski definition) is 1.